The van der Waals surface area contributed by atoms with Gasteiger partial charge in [0.25, 0.3) is 5.91 Å². The summed E-state index contributed by atoms with van der Waals surface area (Å²) in [5.74, 6) is -0.231. The molecule has 0 bridgehead atoms. The van der Waals surface area contributed by atoms with Crippen molar-refractivity contribution in [3.8, 4) is 0 Å². The molecule has 0 spiro atoms. The highest BCUT2D eigenvalue weighted by Gasteiger charge is 2.31. The number of piperidine rings is 2. The highest BCUT2D eigenvalue weighted by molar-refractivity contribution is 7.89. The van der Waals surface area contributed by atoms with Gasteiger partial charge in [-0.05, 0) is 64.2 Å². The molecule has 2 aliphatic rings. The fourth-order valence-electron chi connectivity index (χ4n) is 3.85. The number of rotatable bonds is 5. The van der Waals surface area contributed by atoms with Crippen molar-refractivity contribution in [3.63, 3.8) is 0 Å². The van der Waals surface area contributed by atoms with E-state index in [9.17, 15) is 13.2 Å². The molecule has 1 aromatic carbocycles. The van der Waals surface area contributed by atoms with E-state index in [0.717, 1.165) is 50.9 Å². The molecule has 0 aliphatic carbocycles. The highest BCUT2D eigenvalue weighted by Crippen LogP contribution is 2.32. The van der Waals surface area contributed by atoms with Gasteiger partial charge in [-0.2, -0.15) is 4.31 Å². The molecule has 1 amide bonds. The Morgan fingerprint density at radius 1 is 0.963 bits per heavy atom. The van der Waals surface area contributed by atoms with Crippen LogP contribution in [0.4, 0.5) is 5.69 Å². The molecule has 2 saturated heterocycles. The number of amides is 1. The van der Waals surface area contributed by atoms with Gasteiger partial charge >= 0.3 is 0 Å². The summed E-state index contributed by atoms with van der Waals surface area (Å²) in [6, 6.07) is 5.14. The zero-order valence-corrected chi connectivity index (χ0v) is 17.2. The van der Waals surface area contributed by atoms with Crippen molar-refractivity contribution in [2.45, 2.75) is 63.3 Å². The van der Waals surface area contributed by atoms with Gasteiger partial charge in [0, 0.05) is 37.8 Å². The monoisotopic (exact) mass is 393 g/mol. The summed E-state index contributed by atoms with van der Waals surface area (Å²) >= 11 is 0. The van der Waals surface area contributed by atoms with Crippen LogP contribution in [0.5, 0.6) is 0 Å². The van der Waals surface area contributed by atoms with Gasteiger partial charge in [0.15, 0.2) is 0 Å². The molecule has 0 unspecified atom stereocenters. The van der Waals surface area contributed by atoms with Gasteiger partial charge in [-0.1, -0.05) is 6.42 Å². The van der Waals surface area contributed by atoms with Gasteiger partial charge in [0.1, 0.15) is 4.90 Å². The Labute approximate surface area is 163 Å². The van der Waals surface area contributed by atoms with Gasteiger partial charge in [-0.25, -0.2) is 8.42 Å². The Morgan fingerprint density at radius 2 is 1.56 bits per heavy atom. The number of benzene rings is 1. The normalized spacial score (nSPS) is 19.3. The van der Waals surface area contributed by atoms with Crippen LogP contribution < -0.4 is 10.2 Å². The first kappa shape index (κ1) is 20.1. The van der Waals surface area contributed by atoms with E-state index in [2.05, 4.69) is 10.2 Å². The molecule has 0 saturated carbocycles. The van der Waals surface area contributed by atoms with E-state index >= 15 is 0 Å². The number of anilines is 1. The van der Waals surface area contributed by atoms with Gasteiger partial charge in [0.2, 0.25) is 10.0 Å². The molecular formula is C20H31N3O3S. The average molecular weight is 394 g/mol. The predicted molar refractivity (Wildman–Crippen MR) is 108 cm³/mol. The molecule has 150 valence electrons. The lowest BCUT2D eigenvalue weighted by Crippen LogP contribution is -2.38. The Balaban J connectivity index is 2.01. The highest BCUT2D eigenvalue weighted by atomic mass is 32.2. The molecule has 2 fully saturated rings. The third-order valence-corrected chi connectivity index (χ3v) is 7.20. The van der Waals surface area contributed by atoms with Crippen LogP contribution in [-0.2, 0) is 10.0 Å². The van der Waals surface area contributed by atoms with E-state index in [1.54, 1.807) is 16.4 Å². The standard InChI is InChI=1S/C20H31N3O3S/c1-16(2)21-20(24)17-9-10-18(22-11-5-3-6-12-22)19(15-17)27(25,26)23-13-7-4-8-14-23/h9-10,15-16H,3-8,11-14H2,1-2H3,(H,21,24). The van der Waals surface area contributed by atoms with Crippen molar-refractivity contribution >= 4 is 21.6 Å². The van der Waals surface area contributed by atoms with Crippen LogP contribution in [0.25, 0.3) is 0 Å². The summed E-state index contributed by atoms with van der Waals surface area (Å²) in [7, 11) is -3.61. The number of hydrogen-bond donors (Lipinski definition) is 1. The maximum Gasteiger partial charge on any atom is 0.251 e. The lowest BCUT2D eigenvalue weighted by molar-refractivity contribution is 0.0943. The number of carbonyl (C=O) groups is 1. The predicted octanol–water partition coefficient (Wildman–Crippen LogP) is 2.99. The van der Waals surface area contributed by atoms with E-state index in [1.165, 1.54) is 6.42 Å². The summed E-state index contributed by atoms with van der Waals surface area (Å²) in [6.07, 6.45) is 6.18. The van der Waals surface area contributed by atoms with Crippen molar-refractivity contribution in [1.82, 2.24) is 9.62 Å². The molecule has 2 aliphatic heterocycles. The Hall–Kier alpha value is -1.60. The fraction of sp³-hybridized carbons (Fsp3) is 0.650. The minimum Gasteiger partial charge on any atom is -0.370 e. The summed E-state index contributed by atoms with van der Waals surface area (Å²) < 4.78 is 28.4. The van der Waals surface area contributed by atoms with E-state index in [-0.39, 0.29) is 16.8 Å². The second-order valence-corrected chi connectivity index (χ2v) is 9.73. The van der Waals surface area contributed by atoms with Crippen molar-refractivity contribution in [2.24, 2.45) is 0 Å². The van der Waals surface area contributed by atoms with Crippen molar-refractivity contribution in [1.29, 1.82) is 0 Å². The largest absolute Gasteiger partial charge is 0.370 e. The number of sulfonamides is 1. The zero-order chi connectivity index (χ0) is 19.4. The van der Waals surface area contributed by atoms with Crippen LogP contribution in [0.1, 0.15) is 62.7 Å². The molecule has 0 atom stereocenters. The van der Waals surface area contributed by atoms with Crippen LogP contribution >= 0.6 is 0 Å². The molecule has 0 radical (unpaired) electrons. The Bertz CT molecular complexity index is 765. The van der Waals surface area contributed by atoms with Crippen molar-refractivity contribution in [2.75, 3.05) is 31.1 Å². The second kappa shape index (κ2) is 8.61. The van der Waals surface area contributed by atoms with Crippen LogP contribution in [0.15, 0.2) is 23.1 Å². The molecule has 3 rings (SSSR count). The minimum absolute atomic E-state index is 0.00132. The maximum atomic E-state index is 13.4. The third kappa shape index (κ3) is 4.63. The van der Waals surface area contributed by atoms with Crippen molar-refractivity contribution < 1.29 is 13.2 Å². The van der Waals surface area contributed by atoms with Gasteiger partial charge in [-0.15, -0.1) is 0 Å². The number of carbonyl (C=O) groups excluding carboxylic acids is 1. The van der Waals surface area contributed by atoms with E-state index in [4.69, 9.17) is 0 Å². The van der Waals surface area contributed by atoms with Gasteiger partial charge in [-0.3, -0.25) is 4.79 Å². The molecule has 6 nitrogen and oxygen atoms in total. The molecular weight excluding hydrogens is 362 g/mol. The lowest BCUT2D eigenvalue weighted by atomic mass is 10.1. The first-order valence-corrected chi connectivity index (χ1v) is 11.5. The minimum atomic E-state index is -3.61. The number of nitrogens with one attached hydrogen (secondary N) is 1. The molecule has 0 aromatic heterocycles. The summed E-state index contributed by atoms with van der Waals surface area (Å²) in [5, 5.41) is 2.86. The molecule has 2 heterocycles. The molecule has 1 aromatic rings. The van der Waals surface area contributed by atoms with E-state index < -0.39 is 10.0 Å². The van der Waals surface area contributed by atoms with Crippen LogP contribution in [0.2, 0.25) is 0 Å². The number of hydrogen-bond acceptors (Lipinski definition) is 4. The van der Waals surface area contributed by atoms with Crippen LogP contribution in [0.3, 0.4) is 0 Å². The average Bonchev–Trinajstić information content (AvgIpc) is 2.68. The van der Waals surface area contributed by atoms with Gasteiger partial charge in [0.05, 0.1) is 5.69 Å². The van der Waals surface area contributed by atoms with Crippen molar-refractivity contribution in [3.05, 3.63) is 23.8 Å². The first-order chi connectivity index (χ1) is 12.9. The third-order valence-electron chi connectivity index (χ3n) is 5.27. The van der Waals surface area contributed by atoms with E-state index in [0.29, 0.717) is 18.7 Å². The lowest BCUT2D eigenvalue weighted by Gasteiger charge is -2.33. The maximum absolute atomic E-state index is 13.4. The summed E-state index contributed by atoms with van der Waals surface area (Å²) in [4.78, 5) is 14.9. The number of nitrogens with zero attached hydrogens (tertiary/aromatic N) is 2. The Morgan fingerprint density at radius 3 is 2.15 bits per heavy atom. The topological polar surface area (TPSA) is 69.7 Å². The summed E-state index contributed by atoms with van der Waals surface area (Å²) in [5.41, 5.74) is 1.14. The summed E-state index contributed by atoms with van der Waals surface area (Å²) in [6.45, 7) is 6.63. The Kier molecular flexibility index (Phi) is 6.42. The molecule has 27 heavy (non-hydrogen) atoms. The SMILES string of the molecule is CC(C)NC(=O)c1ccc(N2CCCCC2)c(S(=O)(=O)N2CCCCC2)c1. The van der Waals surface area contributed by atoms with E-state index in [1.807, 2.05) is 19.9 Å². The first-order valence-electron chi connectivity index (χ1n) is 10.1. The smallest absolute Gasteiger partial charge is 0.251 e. The second-order valence-electron chi connectivity index (χ2n) is 7.82. The molecule has 1 N–H and O–H groups in total. The van der Waals surface area contributed by atoms with Crippen LogP contribution in [0, 0.1) is 0 Å². The van der Waals surface area contributed by atoms with Gasteiger partial charge < -0.3 is 10.2 Å². The fourth-order valence-corrected chi connectivity index (χ4v) is 5.60. The quantitative estimate of drug-likeness (QED) is 0.835. The zero-order valence-electron chi connectivity index (χ0n) is 16.4. The molecule has 7 heteroatoms. The van der Waals surface area contributed by atoms with Crippen LogP contribution in [-0.4, -0.2) is 50.9 Å².